The van der Waals surface area contributed by atoms with Gasteiger partial charge in [-0.05, 0) is 30.2 Å². The molecule has 0 unspecified atom stereocenters. The Labute approximate surface area is 138 Å². The van der Waals surface area contributed by atoms with Gasteiger partial charge in [0.1, 0.15) is 6.10 Å². The molecule has 0 heterocycles. The third kappa shape index (κ3) is 5.42. The zero-order valence-corrected chi connectivity index (χ0v) is 14.0. The fourth-order valence-corrected chi connectivity index (χ4v) is 2.12. The summed E-state index contributed by atoms with van der Waals surface area (Å²) in [7, 11) is 4.01. The first-order chi connectivity index (χ1) is 11.1. The van der Waals surface area contributed by atoms with Crippen molar-refractivity contribution in [2.24, 2.45) is 0 Å². The lowest BCUT2D eigenvalue weighted by atomic mass is 10.2. The molecule has 4 nitrogen and oxygen atoms in total. The number of anilines is 1. The summed E-state index contributed by atoms with van der Waals surface area (Å²) in [5.74, 6) is -0.0994. The lowest BCUT2D eigenvalue weighted by Gasteiger charge is -2.15. The van der Waals surface area contributed by atoms with Crippen LogP contribution in [0.15, 0.2) is 54.6 Å². The highest BCUT2D eigenvalue weighted by molar-refractivity contribution is 5.80. The lowest BCUT2D eigenvalue weighted by Crippen LogP contribution is -2.34. The van der Waals surface area contributed by atoms with E-state index < -0.39 is 6.10 Å². The SMILES string of the molecule is C[C@H](OCc1ccccc1)C(=O)NCc1ccc(N(C)C)cc1. The van der Waals surface area contributed by atoms with Crippen LogP contribution >= 0.6 is 0 Å². The predicted octanol–water partition coefficient (Wildman–Crippen LogP) is 2.97. The van der Waals surface area contributed by atoms with E-state index in [1.54, 1.807) is 6.92 Å². The number of hydrogen-bond acceptors (Lipinski definition) is 3. The summed E-state index contributed by atoms with van der Waals surface area (Å²) < 4.78 is 5.61. The van der Waals surface area contributed by atoms with Crippen molar-refractivity contribution in [2.75, 3.05) is 19.0 Å². The molecule has 2 rings (SSSR count). The normalized spacial score (nSPS) is 11.8. The topological polar surface area (TPSA) is 41.6 Å². The molecule has 4 heteroatoms. The summed E-state index contributed by atoms with van der Waals surface area (Å²) in [6.07, 6.45) is -0.476. The highest BCUT2D eigenvalue weighted by Gasteiger charge is 2.12. The van der Waals surface area contributed by atoms with Crippen molar-refractivity contribution in [1.29, 1.82) is 0 Å². The fraction of sp³-hybridized carbons (Fsp3) is 0.316. The van der Waals surface area contributed by atoms with Gasteiger partial charge in [-0.1, -0.05) is 42.5 Å². The molecule has 0 saturated carbocycles. The molecule has 1 amide bonds. The molecule has 2 aromatic rings. The third-order valence-electron chi connectivity index (χ3n) is 3.63. The zero-order chi connectivity index (χ0) is 16.7. The summed E-state index contributed by atoms with van der Waals surface area (Å²) in [6, 6.07) is 18.0. The number of rotatable bonds is 7. The molecule has 1 N–H and O–H groups in total. The number of amides is 1. The second kappa shape index (κ2) is 8.34. The lowest BCUT2D eigenvalue weighted by molar-refractivity contribution is -0.132. The minimum absolute atomic E-state index is 0.0994. The van der Waals surface area contributed by atoms with Crippen LogP contribution < -0.4 is 10.2 Å². The van der Waals surface area contributed by atoms with E-state index in [0.717, 1.165) is 16.8 Å². The number of ether oxygens (including phenoxy) is 1. The van der Waals surface area contributed by atoms with Crippen LogP contribution in [0.5, 0.6) is 0 Å². The van der Waals surface area contributed by atoms with Crippen LogP contribution in [0.25, 0.3) is 0 Å². The Kier molecular flexibility index (Phi) is 6.18. The monoisotopic (exact) mass is 312 g/mol. The highest BCUT2D eigenvalue weighted by atomic mass is 16.5. The summed E-state index contributed by atoms with van der Waals surface area (Å²) in [6.45, 7) is 2.71. The molecule has 0 aromatic heterocycles. The van der Waals surface area contributed by atoms with Gasteiger partial charge in [0, 0.05) is 26.3 Å². The minimum Gasteiger partial charge on any atom is -0.378 e. The van der Waals surface area contributed by atoms with E-state index in [-0.39, 0.29) is 5.91 Å². The predicted molar refractivity (Wildman–Crippen MR) is 93.3 cm³/mol. The van der Waals surface area contributed by atoms with E-state index in [4.69, 9.17) is 4.74 Å². The Morgan fingerprint density at radius 3 is 2.30 bits per heavy atom. The van der Waals surface area contributed by atoms with Crippen LogP contribution in [0.3, 0.4) is 0 Å². The second-order valence-electron chi connectivity index (χ2n) is 5.72. The Morgan fingerprint density at radius 2 is 1.70 bits per heavy atom. The fourth-order valence-electron chi connectivity index (χ4n) is 2.12. The maximum absolute atomic E-state index is 12.1. The van der Waals surface area contributed by atoms with Crippen molar-refractivity contribution in [3.8, 4) is 0 Å². The molecular formula is C19H24N2O2. The molecule has 1 atom stereocenters. The average molecular weight is 312 g/mol. The van der Waals surface area contributed by atoms with Crippen LogP contribution in [0.1, 0.15) is 18.1 Å². The van der Waals surface area contributed by atoms with Crippen LogP contribution in [0, 0.1) is 0 Å². The van der Waals surface area contributed by atoms with Gasteiger partial charge in [0.05, 0.1) is 6.61 Å². The van der Waals surface area contributed by atoms with Crippen molar-refractivity contribution in [1.82, 2.24) is 5.32 Å². The second-order valence-corrected chi connectivity index (χ2v) is 5.72. The molecule has 122 valence electrons. The number of hydrogen-bond donors (Lipinski definition) is 1. The summed E-state index contributed by atoms with van der Waals surface area (Å²) in [5, 5.41) is 2.91. The maximum Gasteiger partial charge on any atom is 0.249 e. The Morgan fingerprint density at radius 1 is 1.04 bits per heavy atom. The van der Waals surface area contributed by atoms with Gasteiger partial charge >= 0.3 is 0 Å². The van der Waals surface area contributed by atoms with Crippen molar-refractivity contribution < 1.29 is 9.53 Å². The van der Waals surface area contributed by atoms with E-state index in [2.05, 4.69) is 5.32 Å². The first kappa shape index (κ1) is 17.0. The number of carbonyl (C=O) groups is 1. The Balaban J connectivity index is 1.77. The van der Waals surface area contributed by atoms with Gasteiger partial charge in [0.25, 0.3) is 0 Å². The molecule has 0 fully saturated rings. The van der Waals surface area contributed by atoms with Crippen LogP contribution in [-0.4, -0.2) is 26.1 Å². The number of nitrogens with zero attached hydrogens (tertiary/aromatic N) is 1. The smallest absolute Gasteiger partial charge is 0.249 e. The third-order valence-corrected chi connectivity index (χ3v) is 3.63. The highest BCUT2D eigenvalue weighted by Crippen LogP contribution is 2.12. The van der Waals surface area contributed by atoms with E-state index in [1.807, 2.05) is 73.6 Å². The van der Waals surface area contributed by atoms with E-state index in [9.17, 15) is 4.79 Å². The Bertz CT molecular complexity index is 609. The number of carbonyl (C=O) groups excluding carboxylic acids is 1. The van der Waals surface area contributed by atoms with E-state index in [1.165, 1.54) is 0 Å². The largest absolute Gasteiger partial charge is 0.378 e. The van der Waals surface area contributed by atoms with Gasteiger partial charge in [-0.15, -0.1) is 0 Å². The van der Waals surface area contributed by atoms with E-state index in [0.29, 0.717) is 13.2 Å². The standard InChI is InChI=1S/C19H24N2O2/c1-15(23-14-17-7-5-4-6-8-17)19(22)20-13-16-9-11-18(12-10-16)21(2)3/h4-12,15H,13-14H2,1-3H3,(H,20,22)/t15-/m0/s1. The van der Waals surface area contributed by atoms with Crippen molar-refractivity contribution >= 4 is 11.6 Å². The maximum atomic E-state index is 12.1. The number of benzene rings is 2. The molecule has 2 aromatic carbocycles. The summed E-state index contributed by atoms with van der Waals surface area (Å²) in [5.41, 5.74) is 3.27. The van der Waals surface area contributed by atoms with Crippen molar-refractivity contribution in [3.05, 3.63) is 65.7 Å². The van der Waals surface area contributed by atoms with E-state index >= 15 is 0 Å². The molecule has 0 aliphatic carbocycles. The van der Waals surface area contributed by atoms with Crippen molar-refractivity contribution in [3.63, 3.8) is 0 Å². The average Bonchev–Trinajstić information content (AvgIpc) is 2.58. The summed E-state index contributed by atoms with van der Waals surface area (Å²) >= 11 is 0. The molecular weight excluding hydrogens is 288 g/mol. The van der Waals surface area contributed by atoms with Gasteiger partial charge in [0.2, 0.25) is 5.91 Å². The van der Waals surface area contributed by atoms with Gasteiger partial charge < -0.3 is 15.0 Å². The first-order valence-corrected chi connectivity index (χ1v) is 7.76. The van der Waals surface area contributed by atoms with Gasteiger partial charge in [-0.3, -0.25) is 4.79 Å². The van der Waals surface area contributed by atoms with Gasteiger partial charge in [-0.25, -0.2) is 0 Å². The Hall–Kier alpha value is -2.33. The molecule has 0 aliphatic rings. The van der Waals surface area contributed by atoms with Crippen LogP contribution in [0.2, 0.25) is 0 Å². The zero-order valence-electron chi connectivity index (χ0n) is 14.0. The van der Waals surface area contributed by atoms with Gasteiger partial charge in [-0.2, -0.15) is 0 Å². The molecule has 0 radical (unpaired) electrons. The van der Waals surface area contributed by atoms with Gasteiger partial charge in [0.15, 0.2) is 0 Å². The first-order valence-electron chi connectivity index (χ1n) is 7.76. The quantitative estimate of drug-likeness (QED) is 0.854. The van der Waals surface area contributed by atoms with Crippen LogP contribution in [-0.2, 0) is 22.7 Å². The van der Waals surface area contributed by atoms with Crippen LogP contribution in [0.4, 0.5) is 5.69 Å². The minimum atomic E-state index is -0.476. The summed E-state index contributed by atoms with van der Waals surface area (Å²) in [4.78, 5) is 14.1. The molecule has 0 aliphatic heterocycles. The molecule has 0 spiro atoms. The molecule has 23 heavy (non-hydrogen) atoms. The van der Waals surface area contributed by atoms with Crippen molar-refractivity contribution in [2.45, 2.75) is 26.2 Å². The molecule has 0 bridgehead atoms. The molecule has 0 saturated heterocycles. The number of nitrogens with one attached hydrogen (secondary N) is 1.